The zero-order chi connectivity index (χ0) is 12.4. The number of aromatic nitrogens is 1. The van der Waals surface area contributed by atoms with E-state index < -0.39 is 12.1 Å². The van der Waals surface area contributed by atoms with Crippen molar-refractivity contribution in [3.63, 3.8) is 0 Å². The van der Waals surface area contributed by atoms with Crippen molar-refractivity contribution >= 4 is 23.4 Å². The van der Waals surface area contributed by atoms with Crippen molar-refractivity contribution in [3.05, 3.63) is 16.1 Å². The topological polar surface area (TPSA) is 90.7 Å². The maximum absolute atomic E-state index is 10.9. The number of piperidine rings is 1. The van der Waals surface area contributed by atoms with Crippen LogP contribution in [0.1, 0.15) is 34.1 Å². The summed E-state index contributed by atoms with van der Waals surface area (Å²) in [5, 5.41) is 17.8. The Bertz CT molecular complexity index is 437. The quantitative estimate of drug-likeness (QED) is 0.840. The van der Waals surface area contributed by atoms with Crippen molar-refractivity contribution in [1.29, 1.82) is 0 Å². The molecule has 92 valence electrons. The summed E-state index contributed by atoms with van der Waals surface area (Å²) in [6, 6.07) is 0. The molecule has 0 radical (unpaired) electrons. The molecule has 2 rings (SSSR count). The molecule has 0 atom stereocenters. The maximum Gasteiger partial charge on any atom is 0.407 e. The Hall–Kier alpha value is -1.63. The molecule has 1 aliphatic rings. The van der Waals surface area contributed by atoms with Gasteiger partial charge in [0.15, 0.2) is 5.69 Å². The molecule has 1 saturated heterocycles. The summed E-state index contributed by atoms with van der Waals surface area (Å²) in [6.45, 7) is 0.911. The number of hydrogen-bond acceptors (Lipinski definition) is 4. The van der Waals surface area contributed by atoms with Gasteiger partial charge < -0.3 is 15.1 Å². The Morgan fingerprint density at radius 3 is 2.53 bits per heavy atom. The highest BCUT2D eigenvalue weighted by molar-refractivity contribution is 7.10. The molecule has 0 bridgehead atoms. The van der Waals surface area contributed by atoms with Crippen LogP contribution in [-0.2, 0) is 0 Å². The molecular weight excluding hydrogens is 244 g/mol. The van der Waals surface area contributed by atoms with Crippen LogP contribution in [0.2, 0.25) is 0 Å². The number of aromatic carboxylic acids is 1. The van der Waals surface area contributed by atoms with Gasteiger partial charge in [0.1, 0.15) is 0 Å². The van der Waals surface area contributed by atoms with Gasteiger partial charge in [0.2, 0.25) is 0 Å². The van der Waals surface area contributed by atoms with Crippen molar-refractivity contribution in [2.24, 2.45) is 0 Å². The van der Waals surface area contributed by atoms with E-state index in [1.165, 1.54) is 21.7 Å². The number of nitrogens with zero attached hydrogens (tertiary/aromatic N) is 2. The molecular formula is C10H12N2O4S. The smallest absolute Gasteiger partial charge is 0.407 e. The number of carboxylic acids is 1. The summed E-state index contributed by atoms with van der Waals surface area (Å²) in [5.41, 5.74) is 1.64. The number of rotatable bonds is 2. The van der Waals surface area contributed by atoms with Crippen LogP contribution in [0.15, 0.2) is 5.51 Å². The van der Waals surface area contributed by atoms with Gasteiger partial charge in [-0.15, -0.1) is 11.3 Å². The summed E-state index contributed by atoms with van der Waals surface area (Å²) in [4.78, 5) is 27.6. The minimum Gasteiger partial charge on any atom is -0.476 e. The van der Waals surface area contributed by atoms with Crippen molar-refractivity contribution in [2.75, 3.05) is 13.1 Å². The van der Waals surface area contributed by atoms with Crippen LogP contribution >= 0.6 is 11.3 Å². The monoisotopic (exact) mass is 256 g/mol. The highest BCUT2D eigenvalue weighted by Gasteiger charge is 2.27. The molecule has 1 aliphatic heterocycles. The third kappa shape index (κ3) is 2.38. The van der Waals surface area contributed by atoms with E-state index in [0.717, 1.165) is 4.88 Å². The molecule has 0 aromatic carbocycles. The van der Waals surface area contributed by atoms with Crippen LogP contribution in [0.5, 0.6) is 0 Å². The average molecular weight is 256 g/mol. The Labute approximate surface area is 102 Å². The van der Waals surface area contributed by atoms with Gasteiger partial charge in [0, 0.05) is 18.0 Å². The molecule has 7 heteroatoms. The Morgan fingerprint density at radius 2 is 2.00 bits per heavy atom. The molecule has 0 unspecified atom stereocenters. The Kier molecular flexibility index (Phi) is 3.28. The maximum atomic E-state index is 10.9. The lowest BCUT2D eigenvalue weighted by molar-refractivity contribution is 0.0688. The van der Waals surface area contributed by atoms with Gasteiger partial charge in [-0.3, -0.25) is 0 Å². The van der Waals surface area contributed by atoms with Crippen molar-refractivity contribution < 1.29 is 19.8 Å². The van der Waals surface area contributed by atoms with Crippen LogP contribution in [0.25, 0.3) is 0 Å². The molecule has 6 nitrogen and oxygen atoms in total. The highest BCUT2D eigenvalue weighted by Crippen LogP contribution is 2.32. The largest absolute Gasteiger partial charge is 0.476 e. The number of carbonyl (C=O) groups is 2. The van der Waals surface area contributed by atoms with Crippen LogP contribution in [0.4, 0.5) is 4.79 Å². The molecule has 2 heterocycles. The fourth-order valence-electron chi connectivity index (χ4n) is 2.04. The molecule has 1 amide bonds. The second-order valence-electron chi connectivity index (χ2n) is 3.91. The minimum atomic E-state index is -1.01. The number of thiazole rings is 1. The number of carboxylic acid groups (broad SMARTS) is 2. The minimum absolute atomic E-state index is 0.115. The van der Waals surface area contributed by atoms with Crippen molar-refractivity contribution in [1.82, 2.24) is 9.88 Å². The van der Waals surface area contributed by atoms with Crippen molar-refractivity contribution in [2.45, 2.75) is 18.8 Å². The van der Waals surface area contributed by atoms with Gasteiger partial charge in [-0.25, -0.2) is 14.6 Å². The summed E-state index contributed by atoms with van der Waals surface area (Å²) in [7, 11) is 0. The molecule has 2 N–H and O–H groups in total. The van der Waals surface area contributed by atoms with E-state index in [9.17, 15) is 9.59 Å². The predicted molar refractivity (Wildman–Crippen MR) is 60.6 cm³/mol. The standard InChI is InChI=1S/C10H12N2O4S/c13-9(14)7-8(17-5-11-7)6-1-3-12(4-2-6)10(15)16/h5-6H,1-4H2,(H,13,14)(H,15,16). The Balaban J connectivity index is 2.08. The summed E-state index contributed by atoms with van der Waals surface area (Å²) < 4.78 is 0. The zero-order valence-corrected chi connectivity index (χ0v) is 9.81. The third-order valence-corrected chi connectivity index (χ3v) is 3.93. The van der Waals surface area contributed by atoms with Gasteiger partial charge in [-0.1, -0.05) is 0 Å². The molecule has 1 aromatic heterocycles. The predicted octanol–water partition coefficient (Wildman–Crippen LogP) is 1.70. The van der Waals surface area contributed by atoms with E-state index in [1.807, 2.05) is 0 Å². The molecule has 0 spiro atoms. The lowest BCUT2D eigenvalue weighted by Crippen LogP contribution is -2.36. The van der Waals surface area contributed by atoms with E-state index in [0.29, 0.717) is 25.9 Å². The van der Waals surface area contributed by atoms with Crippen LogP contribution in [0.3, 0.4) is 0 Å². The van der Waals surface area contributed by atoms with E-state index >= 15 is 0 Å². The third-order valence-electron chi connectivity index (χ3n) is 2.93. The number of hydrogen-bond donors (Lipinski definition) is 2. The molecule has 0 aliphatic carbocycles. The van der Waals surface area contributed by atoms with Crippen molar-refractivity contribution in [3.8, 4) is 0 Å². The fraction of sp³-hybridized carbons (Fsp3) is 0.500. The van der Waals surface area contributed by atoms with Crippen LogP contribution in [0, 0.1) is 0 Å². The fourth-order valence-corrected chi connectivity index (χ4v) is 2.99. The molecule has 1 aromatic rings. The number of amides is 1. The molecule has 1 fully saturated rings. The van der Waals surface area contributed by atoms with E-state index in [-0.39, 0.29) is 11.6 Å². The summed E-state index contributed by atoms with van der Waals surface area (Å²) in [6.07, 6.45) is 0.412. The summed E-state index contributed by atoms with van der Waals surface area (Å²) >= 11 is 1.34. The second-order valence-corrected chi connectivity index (χ2v) is 4.80. The molecule has 0 saturated carbocycles. The van der Waals surface area contributed by atoms with Gasteiger partial charge >= 0.3 is 12.1 Å². The molecule has 17 heavy (non-hydrogen) atoms. The van der Waals surface area contributed by atoms with E-state index in [4.69, 9.17) is 10.2 Å². The summed E-state index contributed by atoms with van der Waals surface area (Å²) in [5.74, 6) is -0.897. The SMILES string of the molecule is O=C(O)c1ncsc1C1CCN(C(=O)O)CC1. The zero-order valence-electron chi connectivity index (χ0n) is 9.00. The first kappa shape index (κ1) is 11.8. The number of likely N-dealkylation sites (tertiary alicyclic amines) is 1. The average Bonchev–Trinajstić information content (AvgIpc) is 2.78. The van der Waals surface area contributed by atoms with Gasteiger partial charge in [-0.05, 0) is 18.8 Å². The first-order chi connectivity index (χ1) is 8.09. The van der Waals surface area contributed by atoms with Gasteiger partial charge in [0.25, 0.3) is 0 Å². The van der Waals surface area contributed by atoms with E-state index in [1.54, 1.807) is 0 Å². The lowest BCUT2D eigenvalue weighted by atomic mass is 9.94. The normalized spacial score (nSPS) is 17.1. The van der Waals surface area contributed by atoms with Crippen LogP contribution < -0.4 is 0 Å². The first-order valence-electron chi connectivity index (χ1n) is 5.24. The first-order valence-corrected chi connectivity index (χ1v) is 6.12. The van der Waals surface area contributed by atoms with Gasteiger partial charge in [-0.2, -0.15) is 0 Å². The lowest BCUT2D eigenvalue weighted by Gasteiger charge is -2.29. The van der Waals surface area contributed by atoms with Crippen LogP contribution in [-0.4, -0.2) is 45.2 Å². The van der Waals surface area contributed by atoms with Gasteiger partial charge in [0.05, 0.1) is 5.51 Å². The van der Waals surface area contributed by atoms with E-state index in [2.05, 4.69) is 4.98 Å². The Morgan fingerprint density at radius 1 is 1.35 bits per heavy atom. The second kappa shape index (κ2) is 4.70. The highest BCUT2D eigenvalue weighted by atomic mass is 32.1.